The van der Waals surface area contributed by atoms with E-state index in [0.717, 1.165) is 54.6 Å². The van der Waals surface area contributed by atoms with E-state index in [1.54, 1.807) is 18.6 Å². The van der Waals surface area contributed by atoms with Crippen LogP contribution in [-0.4, -0.2) is 38.8 Å². The highest BCUT2D eigenvalue weighted by atomic mass is 32.1. The van der Waals surface area contributed by atoms with Gasteiger partial charge in [-0.15, -0.1) is 11.3 Å². The van der Waals surface area contributed by atoms with E-state index in [2.05, 4.69) is 20.3 Å². The second kappa shape index (κ2) is 9.43. The van der Waals surface area contributed by atoms with Crippen molar-refractivity contribution in [2.75, 3.05) is 18.4 Å². The number of aromatic nitrogens is 3. The molecule has 1 atom stereocenters. The van der Waals surface area contributed by atoms with Crippen LogP contribution in [0.2, 0.25) is 0 Å². The van der Waals surface area contributed by atoms with Crippen molar-refractivity contribution in [2.45, 2.75) is 19.3 Å². The summed E-state index contributed by atoms with van der Waals surface area (Å²) in [6, 6.07) is 11.9. The largest absolute Gasteiger partial charge is 0.339 e. The van der Waals surface area contributed by atoms with Crippen LogP contribution in [0, 0.1) is 5.92 Å². The zero-order chi connectivity index (χ0) is 19.9. The number of nitrogens with zero attached hydrogens (tertiary/aromatic N) is 4. The predicted molar refractivity (Wildman–Crippen MR) is 116 cm³/mol. The predicted octanol–water partition coefficient (Wildman–Crippen LogP) is 4.17. The van der Waals surface area contributed by atoms with E-state index < -0.39 is 0 Å². The van der Waals surface area contributed by atoms with Crippen LogP contribution in [0.1, 0.15) is 24.1 Å². The van der Waals surface area contributed by atoms with Gasteiger partial charge >= 0.3 is 0 Å². The van der Waals surface area contributed by atoms with Crippen molar-refractivity contribution >= 4 is 34.3 Å². The summed E-state index contributed by atoms with van der Waals surface area (Å²) in [6.07, 6.45) is 9.86. The number of hydrogen-bond acceptors (Lipinski definition) is 6. The Labute approximate surface area is 174 Å². The van der Waals surface area contributed by atoms with Gasteiger partial charge in [-0.2, -0.15) is 0 Å². The minimum atomic E-state index is 0.0763. The van der Waals surface area contributed by atoms with Gasteiger partial charge in [0.25, 0.3) is 0 Å². The molecule has 1 aromatic carbocycles. The van der Waals surface area contributed by atoms with Crippen molar-refractivity contribution in [2.24, 2.45) is 5.92 Å². The number of carbonyl (C=O) groups is 1. The monoisotopic (exact) mass is 405 g/mol. The number of likely N-dealkylation sites (tertiary alicyclic amines) is 1. The highest BCUT2D eigenvalue weighted by Gasteiger charge is 2.23. The third-order valence-electron chi connectivity index (χ3n) is 4.94. The zero-order valence-electron chi connectivity index (χ0n) is 16.1. The fourth-order valence-electron chi connectivity index (χ4n) is 3.54. The maximum Gasteiger partial charge on any atom is 0.246 e. The summed E-state index contributed by atoms with van der Waals surface area (Å²) in [6.45, 7) is 1.58. The standard InChI is InChI=1S/C22H23N5OS/c28-21(9-8-17-5-2-1-3-6-17)27-11-4-7-18(15-27)13-19-14-20(25-16-24-19)26-22-23-10-12-29-22/h1-3,5-6,8-10,12,14,16,18H,4,7,11,13,15H2,(H,23,24,25,26)/b9-8+/t18-/m0/s1. The lowest BCUT2D eigenvalue weighted by molar-refractivity contribution is -0.127. The molecule has 0 aliphatic carbocycles. The molecule has 29 heavy (non-hydrogen) atoms. The number of nitrogens with one attached hydrogen (secondary N) is 1. The molecule has 1 saturated heterocycles. The molecule has 2 aromatic heterocycles. The number of anilines is 2. The molecule has 1 amide bonds. The highest BCUT2D eigenvalue weighted by molar-refractivity contribution is 7.13. The molecule has 0 unspecified atom stereocenters. The van der Waals surface area contributed by atoms with Gasteiger partial charge < -0.3 is 10.2 Å². The molecule has 0 bridgehead atoms. The number of rotatable bonds is 6. The summed E-state index contributed by atoms with van der Waals surface area (Å²) in [7, 11) is 0. The topological polar surface area (TPSA) is 71.0 Å². The number of carbonyl (C=O) groups excluding carboxylic acids is 1. The molecule has 4 rings (SSSR count). The summed E-state index contributed by atoms with van der Waals surface area (Å²) in [4.78, 5) is 27.5. The summed E-state index contributed by atoms with van der Waals surface area (Å²) >= 11 is 1.53. The molecule has 1 fully saturated rings. The van der Waals surface area contributed by atoms with Gasteiger partial charge in [0.05, 0.1) is 0 Å². The van der Waals surface area contributed by atoms with Crippen LogP contribution < -0.4 is 5.32 Å². The summed E-state index contributed by atoms with van der Waals surface area (Å²) in [5, 5.41) is 5.94. The van der Waals surface area contributed by atoms with E-state index in [4.69, 9.17) is 0 Å². The van der Waals surface area contributed by atoms with Gasteiger partial charge in [-0.05, 0) is 36.8 Å². The highest BCUT2D eigenvalue weighted by Crippen LogP contribution is 2.22. The second-order valence-electron chi connectivity index (χ2n) is 7.10. The minimum absolute atomic E-state index is 0.0763. The Kier molecular flexibility index (Phi) is 6.26. The molecule has 1 N–H and O–H groups in total. The van der Waals surface area contributed by atoms with Crippen LogP contribution in [0.15, 0.2) is 60.4 Å². The number of piperidine rings is 1. The van der Waals surface area contributed by atoms with Crippen LogP contribution in [0.3, 0.4) is 0 Å². The Hall–Kier alpha value is -3.06. The van der Waals surface area contributed by atoms with Gasteiger partial charge in [0.1, 0.15) is 12.1 Å². The van der Waals surface area contributed by atoms with Crippen molar-refractivity contribution in [3.8, 4) is 0 Å². The fourth-order valence-corrected chi connectivity index (χ4v) is 4.07. The summed E-state index contributed by atoms with van der Waals surface area (Å²) < 4.78 is 0. The van der Waals surface area contributed by atoms with Crippen molar-refractivity contribution in [3.05, 3.63) is 71.6 Å². The van der Waals surface area contributed by atoms with Gasteiger partial charge in [0, 0.05) is 42.5 Å². The first-order valence-corrected chi connectivity index (χ1v) is 10.6. The van der Waals surface area contributed by atoms with Crippen molar-refractivity contribution < 1.29 is 4.79 Å². The molecular weight excluding hydrogens is 382 g/mol. The van der Waals surface area contributed by atoms with Gasteiger partial charge in [-0.1, -0.05) is 30.3 Å². The number of amides is 1. The summed E-state index contributed by atoms with van der Waals surface area (Å²) in [5.74, 6) is 1.23. The summed E-state index contributed by atoms with van der Waals surface area (Å²) in [5.41, 5.74) is 2.02. The fraction of sp³-hybridized carbons (Fsp3) is 0.273. The molecule has 1 aliphatic heterocycles. The van der Waals surface area contributed by atoms with E-state index in [9.17, 15) is 4.79 Å². The SMILES string of the molecule is O=C(/C=C/c1ccccc1)N1CCC[C@@H](Cc2cc(Nc3nccs3)ncn2)C1. The van der Waals surface area contributed by atoms with E-state index in [1.165, 1.54) is 11.3 Å². The maximum absolute atomic E-state index is 12.6. The quantitative estimate of drug-likeness (QED) is 0.623. The van der Waals surface area contributed by atoms with Crippen LogP contribution in [0.25, 0.3) is 6.08 Å². The third-order valence-corrected chi connectivity index (χ3v) is 5.63. The van der Waals surface area contributed by atoms with E-state index >= 15 is 0 Å². The van der Waals surface area contributed by atoms with Crippen LogP contribution >= 0.6 is 11.3 Å². The Morgan fingerprint density at radius 1 is 1.24 bits per heavy atom. The average Bonchev–Trinajstić information content (AvgIpc) is 3.26. The van der Waals surface area contributed by atoms with Gasteiger partial charge in [0.2, 0.25) is 5.91 Å². The molecule has 0 radical (unpaired) electrons. The molecule has 1 aliphatic rings. The first kappa shape index (κ1) is 19.3. The Morgan fingerprint density at radius 3 is 2.97 bits per heavy atom. The number of benzene rings is 1. The van der Waals surface area contributed by atoms with E-state index in [-0.39, 0.29) is 5.91 Å². The maximum atomic E-state index is 12.6. The molecule has 3 aromatic rings. The number of thiazole rings is 1. The van der Waals surface area contributed by atoms with Crippen molar-refractivity contribution in [1.82, 2.24) is 19.9 Å². The van der Waals surface area contributed by atoms with Crippen molar-refractivity contribution in [1.29, 1.82) is 0 Å². The third kappa shape index (κ3) is 5.48. The zero-order valence-corrected chi connectivity index (χ0v) is 16.9. The van der Waals surface area contributed by atoms with E-state index in [0.29, 0.717) is 5.92 Å². The van der Waals surface area contributed by atoms with E-state index in [1.807, 2.05) is 52.8 Å². The average molecular weight is 406 g/mol. The molecular formula is C22H23N5OS. The van der Waals surface area contributed by atoms with Crippen LogP contribution in [-0.2, 0) is 11.2 Å². The lowest BCUT2D eigenvalue weighted by atomic mass is 9.93. The second-order valence-corrected chi connectivity index (χ2v) is 7.99. The molecule has 148 valence electrons. The smallest absolute Gasteiger partial charge is 0.246 e. The van der Waals surface area contributed by atoms with Crippen LogP contribution in [0.5, 0.6) is 0 Å². The minimum Gasteiger partial charge on any atom is -0.339 e. The van der Waals surface area contributed by atoms with Gasteiger partial charge in [-0.3, -0.25) is 4.79 Å². The van der Waals surface area contributed by atoms with Crippen molar-refractivity contribution in [3.63, 3.8) is 0 Å². The molecule has 3 heterocycles. The molecule has 6 nitrogen and oxygen atoms in total. The Balaban J connectivity index is 1.35. The van der Waals surface area contributed by atoms with Gasteiger partial charge in [-0.25, -0.2) is 15.0 Å². The lowest BCUT2D eigenvalue weighted by Gasteiger charge is -2.32. The molecule has 0 saturated carbocycles. The molecule has 7 heteroatoms. The normalized spacial score (nSPS) is 16.8. The Bertz CT molecular complexity index is 958. The first-order valence-electron chi connectivity index (χ1n) is 9.76. The lowest BCUT2D eigenvalue weighted by Crippen LogP contribution is -2.39. The van der Waals surface area contributed by atoms with Crippen LogP contribution in [0.4, 0.5) is 10.9 Å². The number of hydrogen-bond donors (Lipinski definition) is 1. The Morgan fingerprint density at radius 2 is 2.14 bits per heavy atom. The van der Waals surface area contributed by atoms with Gasteiger partial charge in [0.15, 0.2) is 5.13 Å². The first-order chi connectivity index (χ1) is 14.3. The molecule has 0 spiro atoms.